The topological polar surface area (TPSA) is 17.8 Å². The molecule has 0 bridgehead atoms. The second kappa shape index (κ2) is 8.92. The zero-order valence-corrected chi connectivity index (χ0v) is 15.6. The third-order valence-corrected chi connectivity index (χ3v) is 5.04. The maximum absolute atomic E-state index is 13.8. The zero-order valence-electron chi connectivity index (χ0n) is 14.0. The number of imidazole rings is 1. The fourth-order valence-corrected chi connectivity index (χ4v) is 4.05. The number of hydrogen-bond acceptors (Lipinski definition) is 1. The van der Waals surface area contributed by atoms with E-state index in [2.05, 4.69) is 41.7 Å². The van der Waals surface area contributed by atoms with Crippen LogP contribution >= 0.6 is 15.9 Å². The summed E-state index contributed by atoms with van der Waals surface area (Å²) in [6, 6.07) is 0. The standard InChI is InChI=1S/C17H30BrFN2/c1-5-7-9-11-13-17(3,12-10-8-6-2)14-15(18)20-16(19)21(14)4/h5-13H2,1-4H3. The van der Waals surface area contributed by atoms with Crippen LogP contribution in [0.5, 0.6) is 0 Å². The highest BCUT2D eigenvalue weighted by Gasteiger charge is 2.32. The van der Waals surface area contributed by atoms with Crippen molar-refractivity contribution in [3.63, 3.8) is 0 Å². The molecule has 122 valence electrons. The quantitative estimate of drug-likeness (QED) is 0.458. The van der Waals surface area contributed by atoms with Gasteiger partial charge in [-0.1, -0.05) is 65.7 Å². The van der Waals surface area contributed by atoms with Gasteiger partial charge in [0.2, 0.25) is 0 Å². The lowest BCUT2D eigenvalue weighted by atomic mass is 9.77. The Hall–Kier alpha value is -0.380. The molecule has 0 fully saturated rings. The highest BCUT2D eigenvalue weighted by atomic mass is 79.9. The minimum Gasteiger partial charge on any atom is -0.306 e. The molecule has 0 radical (unpaired) electrons. The second-order valence-corrected chi connectivity index (χ2v) is 7.16. The summed E-state index contributed by atoms with van der Waals surface area (Å²) < 4.78 is 16.1. The Morgan fingerprint density at radius 1 is 1.05 bits per heavy atom. The molecular formula is C17H30BrFN2. The van der Waals surface area contributed by atoms with Gasteiger partial charge in [0.15, 0.2) is 0 Å². The number of hydrogen-bond donors (Lipinski definition) is 0. The van der Waals surface area contributed by atoms with Crippen molar-refractivity contribution >= 4 is 15.9 Å². The van der Waals surface area contributed by atoms with Crippen LogP contribution in [0.1, 0.15) is 84.3 Å². The molecule has 0 saturated carbocycles. The van der Waals surface area contributed by atoms with E-state index >= 15 is 0 Å². The smallest absolute Gasteiger partial charge is 0.290 e. The summed E-state index contributed by atoms with van der Waals surface area (Å²) in [4.78, 5) is 3.96. The first kappa shape index (κ1) is 18.7. The molecule has 1 atom stereocenters. The van der Waals surface area contributed by atoms with Crippen LogP contribution in [0.15, 0.2) is 4.60 Å². The van der Waals surface area contributed by atoms with Crippen molar-refractivity contribution in [3.8, 4) is 0 Å². The molecule has 0 aromatic carbocycles. The summed E-state index contributed by atoms with van der Waals surface area (Å²) in [6.07, 6.45) is 10.5. The molecule has 21 heavy (non-hydrogen) atoms. The van der Waals surface area contributed by atoms with E-state index in [1.807, 2.05) is 0 Å². The van der Waals surface area contributed by atoms with Crippen LogP contribution in [-0.2, 0) is 12.5 Å². The molecule has 0 aliphatic heterocycles. The van der Waals surface area contributed by atoms with Gasteiger partial charge in [0.1, 0.15) is 4.60 Å². The van der Waals surface area contributed by atoms with Crippen molar-refractivity contribution < 1.29 is 4.39 Å². The summed E-state index contributed by atoms with van der Waals surface area (Å²) in [5.41, 5.74) is 1.03. The van der Waals surface area contributed by atoms with Gasteiger partial charge < -0.3 is 4.57 Å². The van der Waals surface area contributed by atoms with Crippen molar-refractivity contribution in [2.24, 2.45) is 7.05 Å². The van der Waals surface area contributed by atoms with E-state index in [1.165, 1.54) is 44.9 Å². The molecule has 0 aliphatic rings. The van der Waals surface area contributed by atoms with E-state index in [9.17, 15) is 4.39 Å². The van der Waals surface area contributed by atoms with E-state index in [0.717, 1.165) is 18.5 Å². The first-order chi connectivity index (χ1) is 9.96. The maximum Gasteiger partial charge on any atom is 0.290 e. The average Bonchev–Trinajstić information content (AvgIpc) is 2.69. The van der Waals surface area contributed by atoms with Crippen LogP contribution < -0.4 is 0 Å². The lowest BCUT2D eigenvalue weighted by Gasteiger charge is -2.31. The van der Waals surface area contributed by atoms with Crippen LogP contribution in [0.3, 0.4) is 0 Å². The molecule has 1 aromatic heterocycles. The summed E-state index contributed by atoms with van der Waals surface area (Å²) >= 11 is 3.46. The fourth-order valence-electron chi connectivity index (χ4n) is 3.16. The third kappa shape index (κ3) is 5.08. The van der Waals surface area contributed by atoms with Crippen molar-refractivity contribution in [1.82, 2.24) is 9.55 Å². The van der Waals surface area contributed by atoms with Crippen molar-refractivity contribution in [2.45, 2.75) is 84.0 Å². The summed E-state index contributed by atoms with van der Waals surface area (Å²) in [5, 5.41) is 0. The Kier molecular flexibility index (Phi) is 7.93. The molecule has 0 spiro atoms. The van der Waals surface area contributed by atoms with E-state index in [0.29, 0.717) is 4.60 Å². The van der Waals surface area contributed by atoms with Crippen molar-refractivity contribution in [3.05, 3.63) is 16.4 Å². The molecule has 0 N–H and O–H groups in total. The van der Waals surface area contributed by atoms with Crippen LogP contribution in [0.2, 0.25) is 0 Å². The van der Waals surface area contributed by atoms with Crippen LogP contribution in [-0.4, -0.2) is 9.55 Å². The SMILES string of the molecule is CCCCCCC(C)(CCCCC)c1c(Br)nc(F)n1C. The normalized spacial score (nSPS) is 14.4. The fraction of sp³-hybridized carbons (Fsp3) is 0.824. The summed E-state index contributed by atoms with van der Waals surface area (Å²) in [5.74, 6) is 0. The van der Waals surface area contributed by atoms with Gasteiger partial charge in [-0.15, -0.1) is 0 Å². The Balaban J connectivity index is 2.88. The van der Waals surface area contributed by atoms with E-state index < -0.39 is 6.08 Å². The number of unbranched alkanes of at least 4 members (excludes halogenated alkanes) is 5. The average molecular weight is 361 g/mol. The molecular weight excluding hydrogens is 331 g/mol. The first-order valence-corrected chi connectivity index (χ1v) is 9.13. The summed E-state index contributed by atoms with van der Waals surface area (Å²) in [6.45, 7) is 6.72. The Labute approximate surface area is 137 Å². The largest absolute Gasteiger partial charge is 0.306 e. The van der Waals surface area contributed by atoms with Crippen molar-refractivity contribution in [1.29, 1.82) is 0 Å². The number of nitrogens with zero attached hydrogens (tertiary/aromatic N) is 2. The number of halogens is 2. The predicted octanol–water partition coefficient (Wildman–Crippen LogP) is 6.13. The van der Waals surface area contributed by atoms with Gasteiger partial charge in [-0.05, 0) is 28.8 Å². The molecule has 1 unspecified atom stereocenters. The Morgan fingerprint density at radius 2 is 1.57 bits per heavy atom. The highest BCUT2D eigenvalue weighted by molar-refractivity contribution is 9.10. The number of rotatable bonds is 10. The highest BCUT2D eigenvalue weighted by Crippen LogP contribution is 2.39. The molecule has 1 aromatic rings. The molecule has 1 heterocycles. The minimum atomic E-state index is -0.396. The molecule has 2 nitrogen and oxygen atoms in total. The van der Waals surface area contributed by atoms with Gasteiger partial charge in [0, 0.05) is 12.5 Å². The number of aromatic nitrogens is 2. The first-order valence-electron chi connectivity index (χ1n) is 8.34. The van der Waals surface area contributed by atoms with Crippen LogP contribution in [0.25, 0.3) is 0 Å². The van der Waals surface area contributed by atoms with Gasteiger partial charge in [0.05, 0.1) is 5.69 Å². The predicted molar refractivity (Wildman–Crippen MR) is 91.1 cm³/mol. The second-order valence-electron chi connectivity index (χ2n) is 6.41. The Bertz CT molecular complexity index is 431. The van der Waals surface area contributed by atoms with Crippen molar-refractivity contribution in [2.75, 3.05) is 0 Å². The van der Waals surface area contributed by atoms with Gasteiger partial charge in [-0.3, -0.25) is 0 Å². The minimum absolute atomic E-state index is 0.00777. The van der Waals surface area contributed by atoms with Gasteiger partial charge in [-0.25, -0.2) is 0 Å². The van der Waals surface area contributed by atoms with Crippen LogP contribution in [0.4, 0.5) is 4.39 Å². The van der Waals surface area contributed by atoms with E-state index in [4.69, 9.17) is 0 Å². The molecule has 4 heteroatoms. The molecule has 0 amide bonds. The van der Waals surface area contributed by atoms with Gasteiger partial charge in [0.25, 0.3) is 6.08 Å². The summed E-state index contributed by atoms with van der Waals surface area (Å²) in [7, 11) is 1.78. The molecule has 0 saturated heterocycles. The monoisotopic (exact) mass is 360 g/mol. The van der Waals surface area contributed by atoms with E-state index in [1.54, 1.807) is 11.6 Å². The molecule has 0 aliphatic carbocycles. The van der Waals surface area contributed by atoms with Crippen LogP contribution in [0, 0.1) is 6.08 Å². The zero-order chi connectivity index (χ0) is 15.9. The Morgan fingerprint density at radius 3 is 2.05 bits per heavy atom. The molecule has 1 rings (SSSR count). The lowest BCUT2D eigenvalue weighted by Crippen LogP contribution is -2.26. The van der Waals surface area contributed by atoms with E-state index in [-0.39, 0.29) is 5.41 Å². The third-order valence-electron chi connectivity index (χ3n) is 4.48. The van der Waals surface area contributed by atoms with Gasteiger partial charge >= 0.3 is 0 Å². The lowest BCUT2D eigenvalue weighted by molar-refractivity contribution is 0.340. The van der Waals surface area contributed by atoms with Gasteiger partial charge in [-0.2, -0.15) is 9.37 Å². The maximum atomic E-state index is 13.8.